The molecule has 0 bridgehead atoms. The van der Waals surface area contributed by atoms with Gasteiger partial charge in [-0.25, -0.2) is 4.39 Å². The molecule has 72 valence electrons. The standard InChI is InChI=1S/C8H12F4/c1-2-3-4-5-6-7(9)8(10,11)12/h5-7H,2-4H2,1H3. The van der Waals surface area contributed by atoms with E-state index in [4.69, 9.17) is 0 Å². The minimum atomic E-state index is -4.75. The van der Waals surface area contributed by atoms with Crippen LogP contribution in [0.4, 0.5) is 17.6 Å². The Bertz CT molecular complexity index is 136. The van der Waals surface area contributed by atoms with Crippen molar-refractivity contribution < 1.29 is 17.6 Å². The predicted molar refractivity (Wildman–Crippen MR) is 39.6 cm³/mol. The molecule has 0 saturated carbocycles. The van der Waals surface area contributed by atoms with Gasteiger partial charge in [0.15, 0.2) is 0 Å². The highest BCUT2D eigenvalue weighted by Gasteiger charge is 2.37. The van der Waals surface area contributed by atoms with Crippen LogP contribution in [0.5, 0.6) is 0 Å². The molecule has 0 aromatic rings. The summed E-state index contributed by atoms with van der Waals surface area (Å²) in [4.78, 5) is 0. The van der Waals surface area contributed by atoms with Crippen LogP contribution in [0.2, 0.25) is 0 Å². The van der Waals surface area contributed by atoms with E-state index in [1.165, 1.54) is 6.08 Å². The Morgan fingerprint density at radius 2 is 1.92 bits per heavy atom. The molecule has 0 aromatic heterocycles. The van der Waals surface area contributed by atoms with Gasteiger partial charge in [0, 0.05) is 0 Å². The number of allylic oxidation sites excluding steroid dienone is 2. The average molecular weight is 184 g/mol. The van der Waals surface area contributed by atoms with Gasteiger partial charge in [-0.05, 0) is 12.5 Å². The molecule has 0 N–H and O–H groups in total. The Kier molecular flexibility index (Phi) is 4.93. The Balaban J connectivity index is 3.68. The average Bonchev–Trinajstić information content (AvgIpc) is 1.96. The van der Waals surface area contributed by atoms with Crippen molar-refractivity contribution in [2.75, 3.05) is 0 Å². The third-order valence-electron chi connectivity index (χ3n) is 1.34. The highest BCUT2D eigenvalue weighted by atomic mass is 19.4. The van der Waals surface area contributed by atoms with E-state index in [9.17, 15) is 17.6 Å². The molecule has 0 fully saturated rings. The number of halogens is 4. The number of unbranched alkanes of at least 4 members (excludes halogenated alkanes) is 2. The normalized spacial score (nSPS) is 15.4. The van der Waals surface area contributed by atoms with Gasteiger partial charge in [0.25, 0.3) is 0 Å². The molecule has 0 radical (unpaired) electrons. The van der Waals surface area contributed by atoms with Gasteiger partial charge in [-0.1, -0.05) is 25.8 Å². The van der Waals surface area contributed by atoms with Gasteiger partial charge in [-0.3, -0.25) is 0 Å². The zero-order chi connectivity index (χ0) is 9.61. The maximum absolute atomic E-state index is 12.1. The number of hydrogen-bond donors (Lipinski definition) is 0. The Morgan fingerprint density at radius 1 is 1.33 bits per heavy atom. The van der Waals surface area contributed by atoms with Crippen molar-refractivity contribution >= 4 is 0 Å². The Hall–Kier alpha value is -0.540. The summed E-state index contributed by atoms with van der Waals surface area (Å²) >= 11 is 0. The lowest BCUT2D eigenvalue weighted by atomic mass is 10.2. The van der Waals surface area contributed by atoms with Crippen molar-refractivity contribution in [2.24, 2.45) is 0 Å². The van der Waals surface area contributed by atoms with E-state index < -0.39 is 12.3 Å². The number of rotatable bonds is 4. The van der Waals surface area contributed by atoms with Gasteiger partial charge in [0.2, 0.25) is 6.17 Å². The molecule has 0 nitrogen and oxygen atoms in total. The minimum absolute atomic E-state index is 0.507. The summed E-state index contributed by atoms with van der Waals surface area (Å²) < 4.78 is 46.7. The maximum Gasteiger partial charge on any atom is 0.423 e. The first-order valence-corrected chi connectivity index (χ1v) is 3.86. The van der Waals surface area contributed by atoms with Crippen LogP contribution in [0.25, 0.3) is 0 Å². The van der Waals surface area contributed by atoms with Crippen LogP contribution in [0, 0.1) is 0 Å². The van der Waals surface area contributed by atoms with Gasteiger partial charge in [-0.15, -0.1) is 0 Å². The SMILES string of the molecule is CCCCC=CC(F)C(F)(F)F. The first-order chi connectivity index (χ1) is 5.48. The fourth-order valence-corrected chi connectivity index (χ4v) is 0.647. The third-order valence-corrected chi connectivity index (χ3v) is 1.34. The summed E-state index contributed by atoms with van der Waals surface area (Å²) in [5.74, 6) is 0. The molecule has 4 heteroatoms. The summed E-state index contributed by atoms with van der Waals surface area (Å²) in [6.45, 7) is 1.92. The molecule has 0 rings (SSSR count). The van der Waals surface area contributed by atoms with E-state index in [2.05, 4.69) is 0 Å². The smallest absolute Gasteiger partial charge is 0.233 e. The molecule has 0 saturated heterocycles. The van der Waals surface area contributed by atoms with Gasteiger partial charge in [0.05, 0.1) is 0 Å². The highest BCUT2D eigenvalue weighted by molar-refractivity contribution is 4.92. The van der Waals surface area contributed by atoms with Crippen LogP contribution in [0.3, 0.4) is 0 Å². The van der Waals surface area contributed by atoms with Crippen LogP contribution in [-0.2, 0) is 0 Å². The van der Waals surface area contributed by atoms with Crippen molar-refractivity contribution in [3.8, 4) is 0 Å². The zero-order valence-corrected chi connectivity index (χ0v) is 6.87. The summed E-state index contributed by atoms with van der Waals surface area (Å²) in [6, 6.07) is 0. The summed E-state index contributed by atoms with van der Waals surface area (Å²) in [5, 5.41) is 0. The fourth-order valence-electron chi connectivity index (χ4n) is 0.647. The van der Waals surface area contributed by atoms with Crippen molar-refractivity contribution in [2.45, 2.75) is 38.5 Å². The van der Waals surface area contributed by atoms with Crippen molar-refractivity contribution in [1.29, 1.82) is 0 Å². The first kappa shape index (κ1) is 11.5. The van der Waals surface area contributed by atoms with E-state index in [0.29, 0.717) is 12.5 Å². The molecule has 1 unspecified atom stereocenters. The maximum atomic E-state index is 12.1. The van der Waals surface area contributed by atoms with Gasteiger partial charge < -0.3 is 0 Å². The second kappa shape index (κ2) is 5.17. The van der Waals surface area contributed by atoms with Crippen molar-refractivity contribution in [1.82, 2.24) is 0 Å². The predicted octanol–water partition coefficient (Wildman–Crippen LogP) is 3.63. The molecule has 0 aliphatic rings. The molecule has 0 spiro atoms. The Labute approximate surface area is 69.3 Å². The Morgan fingerprint density at radius 3 is 2.33 bits per heavy atom. The van der Waals surface area contributed by atoms with Crippen molar-refractivity contribution in [3.63, 3.8) is 0 Å². The number of alkyl halides is 4. The van der Waals surface area contributed by atoms with Crippen molar-refractivity contribution in [3.05, 3.63) is 12.2 Å². The first-order valence-electron chi connectivity index (χ1n) is 3.86. The van der Waals surface area contributed by atoms with Gasteiger partial charge in [-0.2, -0.15) is 13.2 Å². The highest BCUT2D eigenvalue weighted by Crippen LogP contribution is 2.23. The zero-order valence-electron chi connectivity index (χ0n) is 6.87. The van der Waals surface area contributed by atoms with E-state index in [1.54, 1.807) is 0 Å². The van der Waals surface area contributed by atoms with Crippen LogP contribution in [0.1, 0.15) is 26.2 Å². The summed E-state index contributed by atoms with van der Waals surface area (Å²) in [7, 11) is 0. The molecule has 1 atom stereocenters. The van der Waals surface area contributed by atoms with Crippen LogP contribution >= 0.6 is 0 Å². The third kappa shape index (κ3) is 5.16. The van der Waals surface area contributed by atoms with E-state index in [0.717, 1.165) is 12.8 Å². The molecule has 12 heavy (non-hydrogen) atoms. The van der Waals surface area contributed by atoms with Crippen LogP contribution in [0.15, 0.2) is 12.2 Å². The van der Waals surface area contributed by atoms with E-state index in [-0.39, 0.29) is 0 Å². The second-order valence-corrected chi connectivity index (χ2v) is 2.51. The lowest BCUT2D eigenvalue weighted by molar-refractivity contribution is -0.166. The second-order valence-electron chi connectivity index (χ2n) is 2.51. The summed E-state index contributed by atoms with van der Waals surface area (Å²) in [6.07, 6.45) is -3.56. The quantitative estimate of drug-likeness (QED) is 0.355. The molecule has 0 amide bonds. The van der Waals surface area contributed by atoms with Gasteiger partial charge >= 0.3 is 6.18 Å². The van der Waals surface area contributed by atoms with E-state index >= 15 is 0 Å². The molecule has 0 aliphatic heterocycles. The monoisotopic (exact) mass is 184 g/mol. The van der Waals surface area contributed by atoms with Gasteiger partial charge in [0.1, 0.15) is 0 Å². The molecule has 0 aromatic carbocycles. The minimum Gasteiger partial charge on any atom is -0.233 e. The fraction of sp³-hybridized carbons (Fsp3) is 0.750. The lowest BCUT2D eigenvalue weighted by Crippen LogP contribution is -2.21. The topological polar surface area (TPSA) is 0 Å². The van der Waals surface area contributed by atoms with E-state index in [1.807, 2.05) is 6.92 Å². The van der Waals surface area contributed by atoms with Crippen LogP contribution < -0.4 is 0 Å². The molecular formula is C8H12F4. The number of hydrogen-bond acceptors (Lipinski definition) is 0. The van der Waals surface area contributed by atoms with Crippen LogP contribution in [-0.4, -0.2) is 12.3 Å². The summed E-state index contributed by atoms with van der Waals surface area (Å²) in [5.41, 5.74) is 0. The largest absolute Gasteiger partial charge is 0.423 e. The lowest BCUT2D eigenvalue weighted by Gasteiger charge is -2.06. The molecule has 0 heterocycles. The molecule has 0 aliphatic carbocycles. The molecular weight excluding hydrogens is 172 g/mol.